The molecule has 0 spiro atoms. The van der Waals surface area contributed by atoms with Gasteiger partial charge >= 0.3 is 0 Å². The number of methoxy groups -OCH3 is 1. The van der Waals surface area contributed by atoms with Gasteiger partial charge in [-0.25, -0.2) is 17.5 Å². The molecule has 0 aromatic heterocycles. The molecule has 7 nitrogen and oxygen atoms in total. The van der Waals surface area contributed by atoms with E-state index < -0.39 is 21.7 Å². The second-order valence-electron chi connectivity index (χ2n) is 6.77. The number of nitrogens with one attached hydrogen (secondary N) is 1. The van der Waals surface area contributed by atoms with E-state index in [0.717, 1.165) is 36.1 Å². The fourth-order valence-electron chi connectivity index (χ4n) is 3.22. The Hall–Kier alpha value is -2.49. The molecule has 9 heteroatoms. The monoisotopic (exact) mass is 421 g/mol. The summed E-state index contributed by atoms with van der Waals surface area (Å²) >= 11 is 0. The molecule has 2 aromatic carbocycles. The fraction of sp³-hybridized carbons (Fsp3) is 0.350. The highest BCUT2D eigenvalue weighted by Crippen LogP contribution is 2.19. The first-order valence-corrected chi connectivity index (χ1v) is 10.7. The normalized spacial score (nSPS) is 15.3. The first kappa shape index (κ1) is 21.2. The number of hydrogen-bond donors (Lipinski definition) is 1. The van der Waals surface area contributed by atoms with E-state index >= 15 is 0 Å². The van der Waals surface area contributed by atoms with Gasteiger partial charge < -0.3 is 9.64 Å². The first-order chi connectivity index (χ1) is 13.8. The number of hydrogen-bond acceptors (Lipinski definition) is 5. The average molecular weight is 421 g/mol. The van der Waals surface area contributed by atoms with Gasteiger partial charge in [-0.05, 0) is 42.9 Å². The summed E-state index contributed by atoms with van der Waals surface area (Å²) in [5, 5.41) is 0. The molecule has 0 atom stereocenters. The Kier molecular flexibility index (Phi) is 6.51. The summed E-state index contributed by atoms with van der Waals surface area (Å²) in [6.07, 6.45) is 0. The van der Waals surface area contributed by atoms with Gasteiger partial charge in [0.15, 0.2) is 0 Å². The lowest BCUT2D eigenvalue weighted by Gasteiger charge is -2.35. The molecule has 1 fully saturated rings. The van der Waals surface area contributed by atoms with E-state index in [1.54, 1.807) is 12.0 Å². The van der Waals surface area contributed by atoms with Crippen LogP contribution in [0.5, 0.6) is 5.75 Å². The van der Waals surface area contributed by atoms with E-state index in [4.69, 9.17) is 4.74 Å². The van der Waals surface area contributed by atoms with Crippen LogP contribution >= 0.6 is 0 Å². The van der Waals surface area contributed by atoms with Crippen LogP contribution < -0.4 is 9.46 Å². The number of halogens is 1. The van der Waals surface area contributed by atoms with Crippen LogP contribution in [-0.2, 0) is 16.6 Å². The fourth-order valence-corrected chi connectivity index (χ4v) is 3.98. The van der Waals surface area contributed by atoms with E-state index in [2.05, 4.69) is 9.62 Å². The number of carbonyl (C=O) groups excluding carboxylic acids is 1. The Bertz CT molecular complexity index is 972. The Morgan fingerprint density at radius 1 is 1.10 bits per heavy atom. The molecule has 0 aliphatic carbocycles. The molecule has 0 bridgehead atoms. The topological polar surface area (TPSA) is 79.0 Å². The molecular weight excluding hydrogens is 397 g/mol. The van der Waals surface area contributed by atoms with E-state index in [0.29, 0.717) is 26.2 Å². The van der Waals surface area contributed by atoms with Gasteiger partial charge in [0, 0.05) is 32.7 Å². The van der Waals surface area contributed by atoms with Crippen LogP contribution in [-0.4, -0.2) is 64.5 Å². The molecule has 0 saturated carbocycles. The predicted molar refractivity (Wildman–Crippen MR) is 107 cm³/mol. The quantitative estimate of drug-likeness (QED) is 0.768. The third kappa shape index (κ3) is 4.92. The number of ether oxygens (including phenoxy) is 1. The SMILES string of the molecule is CNS(=O)(=O)c1ccc(F)c(C(=O)N2CCN(Cc3ccc(OC)cc3)CC2)c1. The Morgan fingerprint density at radius 3 is 2.34 bits per heavy atom. The summed E-state index contributed by atoms with van der Waals surface area (Å²) in [6.45, 7) is 2.92. The number of carbonyl (C=O) groups is 1. The number of piperazine rings is 1. The second kappa shape index (κ2) is 8.89. The van der Waals surface area contributed by atoms with Gasteiger partial charge in [-0.1, -0.05) is 12.1 Å². The van der Waals surface area contributed by atoms with Crippen molar-refractivity contribution in [3.05, 3.63) is 59.4 Å². The highest BCUT2D eigenvalue weighted by molar-refractivity contribution is 7.89. The highest BCUT2D eigenvalue weighted by Gasteiger charge is 2.25. The molecule has 1 heterocycles. The zero-order chi connectivity index (χ0) is 21.0. The van der Waals surface area contributed by atoms with Crippen molar-refractivity contribution in [2.24, 2.45) is 0 Å². The minimum atomic E-state index is -3.75. The van der Waals surface area contributed by atoms with E-state index in [1.807, 2.05) is 24.3 Å². The first-order valence-electron chi connectivity index (χ1n) is 9.21. The number of rotatable bonds is 6. The van der Waals surface area contributed by atoms with Crippen molar-refractivity contribution in [2.45, 2.75) is 11.4 Å². The lowest BCUT2D eigenvalue weighted by Crippen LogP contribution is -2.48. The Morgan fingerprint density at radius 2 is 1.76 bits per heavy atom. The zero-order valence-corrected chi connectivity index (χ0v) is 17.2. The number of sulfonamides is 1. The summed E-state index contributed by atoms with van der Waals surface area (Å²) in [7, 11) is -0.866. The third-order valence-corrected chi connectivity index (χ3v) is 6.38. The average Bonchev–Trinajstić information content (AvgIpc) is 2.74. The van der Waals surface area contributed by atoms with Gasteiger partial charge in [0.1, 0.15) is 11.6 Å². The highest BCUT2D eigenvalue weighted by atomic mass is 32.2. The molecule has 1 N–H and O–H groups in total. The van der Waals surface area contributed by atoms with Crippen LogP contribution in [0.3, 0.4) is 0 Å². The summed E-state index contributed by atoms with van der Waals surface area (Å²) in [6, 6.07) is 11.1. The van der Waals surface area contributed by atoms with Crippen LogP contribution in [0.2, 0.25) is 0 Å². The summed E-state index contributed by atoms with van der Waals surface area (Å²) in [5.74, 6) is -0.431. The maximum absolute atomic E-state index is 14.2. The van der Waals surface area contributed by atoms with Crippen molar-refractivity contribution in [3.63, 3.8) is 0 Å². The third-order valence-electron chi connectivity index (χ3n) is 4.97. The van der Waals surface area contributed by atoms with Crippen molar-refractivity contribution in [1.29, 1.82) is 0 Å². The molecule has 1 aliphatic rings. The van der Waals surface area contributed by atoms with Crippen molar-refractivity contribution in [2.75, 3.05) is 40.3 Å². The second-order valence-corrected chi connectivity index (χ2v) is 8.65. The molecular formula is C20H24FN3O4S. The van der Waals surface area contributed by atoms with Gasteiger partial charge in [0.2, 0.25) is 10.0 Å². The molecule has 29 heavy (non-hydrogen) atoms. The molecule has 1 amide bonds. The van der Waals surface area contributed by atoms with Crippen LogP contribution in [0, 0.1) is 5.82 Å². The number of benzene rings is 2. The van der Waals surface area contributed by atoms with Crippen LogP contribution in [0.15, 0.2) is 47.4 Å². The van der Waals surface area contributed by atoms with E-state index in [1.165, 1.54) is 7.05 Å². The van der Waals surface area contributed by atoms with Crippen molar-refractivity contribution in [1.82, 2.24) is 14.5 Å². The van der Waals surface area contributed by atoms with Crippen molar-refractivity contribution in [3.8, 4) is 5.75 Å². The minimum absolute atomic E-state index is 0.136. The lowest BCUT2D eigenvalue weighted by atomic mass is 10.1. The smallest absolute Gasteiger partial charge is 0.256 e. The summed E-state index contributed by atoms with van der Waals surface area (Å²) in [5.41, 5.74) is 0.909. The molecule has 0 radical (unpaired) electrons. The van der Waals surface area contributed by atoms with Gasteiger partial charge in [0.25, 0.3) is 5.91 Å². The predicted octanol–water partition coefficient (Wildman–Crippen LogP) is 1.70. The number of nitrogens with zero attached hydrogens (tertiary/aromatic N) is 2. The standard InChI is InChI=1S/C20H24FN3O4S/c1-22-29(26,27)17-7-8-19(21)18(13-17)20(25)24-11-9-23(10-12-24)14-15-3-5-16(28-2)6-4-15/h3-8,13,22H,9-12,14H2,1-2H3. The van der Waals surface area contributed by atoms with Gasteiger partial charge in [-0.3, -0.25) is 9.69 Å². The number of amides is 1. The Balaban J connectivity index is 1.64. The Labute approximate surface area is 170 Å². The van der Waals surface area contributed by atoms with Crippen LogP contribution in [0.25, 0.3) is 0 Å². The van der Waals surface area contributed by atoms with Crippen molar-refractivity contribution >= 4 is 15.9 Å². The van der Waals surface area contributed by atoms with E-state index in [9.17, 15) is 17.6 Å². The maximum atomic E-state index is 14.2. The molecule has 156 valence electrons. The van der Waals surface area contributed by atoms with Gasteiger partial charge in [-0.2, -0.15) is 0 Å². The van der Waals surface area contributed by atoms with Crippen LogP contribution in [0.4, 0.5) is 4.39 Å². The molecule has 2 aromatic rings. The van der Waals surface area contributed by atoms with Crippen molar-refractivity contribution < 1.29 is 22.3 Å². The minimum Gasteiger partial charge on any atom is -0.497 e. The van der Waals surface area contributed by atoms with Crippen LogP contribution in [0.1, 0.15) is 15.9 Å². The largest absolute Gasteiger partial charge is 0.497 e. The lowest BCUT2D eigenvalue weighted by molar-refractivity contribution is 0.0623. The molecule has 1 aliphatic heterocycles. The molecule has 1 saturated heterocycles. The van der Waals surface area contributed by atoms with E-state index in [-0.39, 0.29) is 10.5 Å². The maximum Gasteiger partial charge on any atom is 0.256 e. The summed E-state index contributed by atoms with van der Waals surface area (Å²) in [4.78, 5) is 16.4. The van der Waals surface area contributed by atoms with Gasteiger partial charge in [0.05, 0.1) is 17.6 Å². The molecule has 0 unspecified atom stereocenters. The van der Waals surface area contributed by atoms with Gasteiger partial charge in [-0.15, -0.1) is 0 Å². The zero-order valence-electron chi connectivity index (χ0n) is 16.4. The molecule has 3 rings (SSSR count). The summed E-state index contributed by atoms with van der Waals surface area (Å²) < 4.78 is 45.4.